The molecule has 0 radical (unpaired) electrons. The first-order chi connectivity index (χ1) is 12.5. The Morgan fingerprint density at radius 3 is 2.27 bits per heavy atom. The van der Waals surface area contributed by atoms with Gasteiger partial charge >= 0.3 is 5.97 Å². The lowest BCUT2D eigenvalue weighted by atomic mass is 10.1. The van der Waals surface area contributed by atoms with Crippen molar-refractivity contribution in [2.24, 2.45) is 0 Å². The van der Waals surface area contributed by atoms with Crippen molar-refractivity contribution in [3.8, 4) is 0 Å². The zero-order chi connectivity index (χ0) is 18.5. The molecule has 0 spiro atoms. The first-order valence-corrected chi connectivity index (χ1v) is 9.10. The van der Waals surface area contributed by atoms with Gasteiger partial charge in [0.05, 0.1) is 0 Å². The highest BCUT2D eigenvalue weighted by atomic mass is 32.1. The molecular formula is C21H19NO3S. The second kappa shape index (κ2) is 7.97. The fraction of sp³-hybridized carbons (Fsp3) is 0.143. The van der Waals surface area contributed by atoms with Gasteiger partial charge in [-0.2, -0.15) is 0 Å². The van der Waals surface area contributed by atoms with E-state index in [-0.39, 0.29) is 5.91 Å². The summed E-state index contributed by atoms with van der Waals surface area (Å²) in [6, 6.07) is 18.3. The molecule has 132 valence electrons. The number of esters is 1. The largest absolute Gasteiger partial charge is 0.443 e. The van der Waals surface area contributed by atoms with E-state index in [1.807, 2.05) is 67.8 Å². The van der Waals surface area contributed by atoms with Crippen LogP contribution < -0.4 is 5.32 Å². The van der Waals surface area contributed by atoms with Crippen molar-refractivity contribution in [2.75, 3.05) is 5.32 Å². The van der Waals surface area contributed by atoms with E-state index in [0.717, 1.165) is 11.1 Å². The van der Waals surface area contributed by atoms with Gasteiger partial charge in [-0.15, -0.1) is 11.3 Å². The lowest BCUT2D eigenvalue weighted by Crippen LogP contribution is -2.25. The summed E-state index contributed by atoms with van der Waals surface area (Å²) in [4.78, 5) is 25.8. The standard InChI is InChI=1S/C21H19NO3S/c1-14-8-10-17(11-9-14)22-20(23)18(16-6-4-3-5-7-16)25-21(24)19-15(2)12-13-26-19/h3-13,18H,1-2H3,(H,22,23)/t18-/m0/s1. The number of anilines is 1. The topological polar surface area (TPSA) is 55.4 Å². The molecule has 1 atom stereocenters. The highest BCUT2D eigenvalue weighted by Crippen LogP contribution is 2.24. The SMILES string of the molecule is Cc1ccc(NC(=O)[C@@H](OC(=O)c2sccc2C)c2ccccc2)cc1. The summed E-state index contributed by atoms with van der Waals surface area (Å²) in [6.07, 6.45) is -1.02. The maximum Gasteiger partial charge on any atom is 0.349 e. The minimum absolute atomic E-state index is 0.386. The number of carbonyl (C=O) groups excluding carboxylic acids is 2. The maximum absolute atomic E-state index is 12.8. The van der Waals surface area contributed by atoms with Crippen molar-refractivity contribution >= 4 is 28.9 Å². The third-order valence-corrected chi connectivity index (χ3v) is 4.93. The molecule has 0 aliphatic heterocycles. The van der Waals surface area contributed by atoms with Crippen molar-refractivity contribution in [2.45, 2.75) is 20.0 Å². The van der Waals surface area contributed by atoms with Gasteiger partial charge in [0.2, 0.25) is 6.10 Å². The zero-order valence-corrected chi connectivity index (χ0v) is 15.4. The van der Waals surface area contributed by atoms with Crippen molar-refractivity contribution in [3.05, 3.63) is 87.6 Å². The normalized spacial score (nSPS) is 11.6. The Morgan fingerprint density at radius 1 is 0.962 bits per heavy atom. The van der Waals surface area contributed by atoms with Crippen molar-refractivity contribution in [3.63, 3.8) is 0 Å². The van der Waals surface area contributed by atoms with E-state index < -0.39 is 12.1 Å². The summed E-state index contributed by atoms with van der Waals surface area (Å²) in [5.41, 5.74) is 3.22. The number of hydrogen-bond donors (Lipinski definition) is 1. The van der Waals surface area contributed by atoms with Gasteiger partial charge in [-0.3, -0.25) is 4.79 Å². The lowest BCUT2D eigenvalue weighted by Gasteiger charge is -2.18. The third kappa shape index (κ3) is 4.18. The summed E-state index contributed by atoms with van der Waals surface area (Å²) in [5.74, 6) is -0.881. The van der Waals surface area contributed by atoms with Crippen LogP contribution in [0.2, 0.25) is 0 Å². The van der Waals surface area contributed by atoms with E-state index >= 15 is 0 Å². The van der Waals surface area contributed by atoms with Gasteiger partial charge in [-0.1, -0.05) is 48.0 Å². The molecule has 1 aromatic heterocycles. The molecule has 0 fully saturated rings. The lowest BCUT2D eigenvalue weighted by molar-refractivity contribution is -0.125. The minimum Gasteiger partial charge on any atom is -0.443 e. The van der Waals surface area contributed by atoms with Crippen LogP contribution in [0.15, 0.2) is 66.0 Å². The molecule has 0 saturated heterocycles. The Bertz CT molecular complexity index is 901. The van der Waals surface area contributed by atoms with Crippen LogP contribution in [0, 0.1) is 13.8 Å². The zero-order valence-electron chi connectivity index (χ0n) is 14.6. The van der Waals surface area contributed by atoms with E-state index in [1.165, 1.54) is 11.3 Å². The predicted molar refractivity (Wildman–Crippen MR) is 103 cm³/mol. The van der Waals surface area contributed by atoms with Gasteiger partial charge < -0.3 is 10.1 Å². The molecule has 0 bridgehead atoms. The minimum atomic E-state index is -1.02. The highest BCUT2D eigenvalue weighted by Gasteiger charge is 2.26. The Labute approximate surface area is 156 Å². The number of carbonyl (C=O) groups is 2. The summed E-state index contributed by atoms with van der Waals surface area (Å²) in [5, 5.41) is 4.65. The molecule has 2 aromatic carbocycles. The summed E-state index contributed by atoms with van der Waals surface area (Å²) >= 11 is 1.31. The number of rotatable bonds is 5. The Balaban J connectivity index is 1.83. The number of amides is 1. The molecule has 0 unspecified atom stereocenters. The number of aryl methyl sites for hydroxylation is 2. The van der Waals surface area contributed by atoms with Crippen molar-refractivity contribution < 1.29 is 14.3 Å². The van der Waals surface area contributed by atoms with E-state index in [1.54, 1.807) is 12.1 Å². The second-order valence-electron chi connectivity index (χ2n) is 5.98. The van der Waals surface area contributed by atoms with E-state index in [4.69, 9.17) is 4.74 Å². The average molecular weight is 365 g/mol. The number of hydrogen-bond acceptors (Lipinski definition) is 4. The summed E-state index contributed by atoms with van der Waals surface area (Å²) < 4.78 is 5.58. The molecule has 0 aliphatic rings. The second-order valence-corrected chi connectivity index (χ2v) is 6.90. The van der Waals surface area contributed by atoms with Crippen LogP contribution in [-0.2, 0) is 9.53 Å². The summed E-state index contributed by atoms with van der Waals surface area (Å²) in [6.45, 7) is 3.82. The highest BCUT2D eigenvalue weighted by molar-refractivity contribution is 7.12. The van der Waals surface area contributed by atoms with Crippen LogP contribution in [0.5, 0.6) is 0 Å². The van der Waals surface area contributed by atoms with Crippen LogP contribution in [0.1, 0.15) is 32.5 Å². The van der Waals surface area contributed by atoms with Crippen LogP contribution in [0.4, 0.5) is 5.69 Å². The van der Waals surface area contributed by atoms with Crippen molar-refractivity contribution in [1.29, 1.82) is 0 Å². The number of thiophene rings is 1. The molecule has 3 rings (SSSR count). The van der Waals surface area contributed by atoms with E-state index in [9.17, 15) is 9.59 Å². The van der Waals surface area contributed by atoms with Crippen LogP contribution in [0.3, 0.4) is 0 Å². The number of ether oxygens (including phenoxy) is 1. The van der Waals surface area contributed by atoms with Crippen LogP contribution >= 0.6 is 11.3 Å². The van der Waals surface area contributed by atoms with Crippen LogP contribution in [-0.4, -0.2) is 11.9 Å². The fourth-order valence-electron chi connectivity index (χ4n) is 2.49. The number of nitrogens with one attached hydrogen (secondary N) is 1. The van der Waals surface area contributed by atoms with E-state index in [0.29, 0.717) is 16.1 Å². The van der Waals surface area contributed by atoms with Gasteiger partial charge in [0.15, 0.2) is 0 Å². The molecular weight excluding hydrogens is 346 g/mol. The Hall–Kier alpha value is -2.92. The van der Waals surface area contributed by atoms with Crippen molar-refractivity contribution in [1.82, 2.24) is 0 Å². The smallest absolute Gasteiger partial charge is 0.349 e. The molecule has 1 heterocycles. The molecule has 0 saturated carbocycles. The maximum atomic E-state index is 12.8. The van der Waals surface area contributed by atoms with Gasteiger partial charge in [0.1, 0.15) is 4.88 Å². The van der Waals surface area contributed by atoms with Crippen LogP contribution in [0.25, 0.3) is 0 Å². The molecule has 3 aromatic rings. The Morgan fingerprint density at radius 2 is 1.65 bits per heavy atom. The van der Waals surface area contributed by atoms with E-state index in [2.05, 4.69) is 5.32 Å². The average Bonchev–Trinajstić information content (AvgIpc) is 3.08. The predicted octanol–water partition coefficient (Wildman–Crippen LogP) is 4.90. The Kier molecular flexibility index (Phi) is 5.49. The fourth-order valence-corrected chi connectivity index (χ4v) is 3.29. The first kappa shape index (κ1) is 17.9. The molecule has 26 heavy (non-hydrogen) atoms. The monoisotopic (exact) mass is 365 g/mol. The molecule has 4 nitrogen and oxygen atoms in total. The summed E-state index contributed by atoms with van der Waals surface area (Å²) in [7, 11) is 0. The molecule has 1 N–H and O–H groups in total. The molecule has 5 heteroatoms. The van der Waals surface area contributed by atoms with Gasteiger partial charge in [0.25, 0.3) is 5.91 Å². The first-order valence-electron chi connectivity index (χ1n) is 8.22. The molecule has 1 amide bonds. The third-order valence-electron chi connectivity index (χ3n) is 3.93. The quantitative estimate of drug-likeness (QED) is 0.654. The van der Waals surface area contributed by atoms with Gasteiger partial charge in [-0.25, -0.2) is 4.79 Å². The molecule has 0 aliphatic carbocycles. The number of benzene rings is 2. The van der Waals surface area contributed by atoms with Gasteiger partial charge in [-0.05, 0) is 43.0 Å². The van der Waals surface area contributed by atoms with Gasteiger partial charge in [0, 0.05) is 11.3 Å².